The zero-order chi connectivity index (χ0) is 18.6. The van der Waals surface area contributed by atoms with Crippen molar-refractivity contribution in [2.75, 3.05) is 23.3 Å². The van der Waals surface area contributed by atoms with Crippen LogP contribution in [-0.2, 0) is 4.79 Å². The van der Waals surface area contributed by atoms with Gasteiger partial charge in [-0.05, 0) is 43.0 Å². The molecule has 0 atom stereocenters. The maximum absolute atomic E-state index is 12.5. The fourth-order valence-electron chi connectivity index (χ4n) is 3.70. The van der Waals surface area contributed by atoms with E-state index in [1.807, 2.05) is 53.1 Å². The number of piperidine rings is 1. The molecule has 4 rings (SSSR count). The fourth-order valence-corrected chi connectivity index (χ4v) is 3.70. The number of benzene rings is 1. The zero-order valence-corrected chi connectivity index (χ0v) is 15.0. The molecule has 6 heteroatoms. The summed E-state index contributed by atoms with van der Waals surface area (Å²) in [5.41, 5.74) is 2.52. The second-order valence-corrected chi connectivity index (χ2v) is 6.88. The topological polar surface area (TPSA) is 73.4 Å². The minimum absolute atomic E-state index is 0.0246. The lowest BCUT2D eigenvalue weighted by Gasteiger charge is -2.33. The van der Waals surface area contributed by atoms with E-state index in [0.29, 0.717) is 23.7 Å². The van der Waals surface area contributed by atoms with E-state index in [1.54, 1.807) is 6.20 Å². The number of hydrogen-bond acceptors (Lipinski definition) is 4. The van der Waals surface area contributed by atoms with Crippen LogP contribution >= 0.6 is 0 Å². The highest BCUT2D eigenvalue weighted by Gasteiger charge is 2.23. The molecule has 0 bridgehead atoms. The van der Waals surface area contributed by atoms with Gasteiger partial charge in [-0.25, -0.2) is 4.98 Å². The van der Waals surface area contributed by atoms with Gasteiger partial charge in [0.2, 0.25) is 5.91 Å². The third-order valence-corrected chi connectivity index (χ3v) is 5.14. The van der Waals surface area contributed by atoms with Crippen LogP contribution in [0.3, 0.4) is 0 Å². The van der Waals surface area contributed by atoms with Crippen LogP contribution in [0, 0.1) is 17.2 Å². The van der Waals surface area contributed by atoms with Crippen LogP contribution in [0.15, 0.2) is 54.9 Å². The third kappa shape index (κ3) is 3.63. The normalized spacial score (nSPS) is 14.9. The quantitative estimate of drug-likeness (QED) is 0.774. The number of carbonyl (C=O) groups is 1. The van der Waals surface area contributed by atoms with Gasteiger partial charge in [-0.3, -0.25) is 9.20 Å². The van der Waals surface area contributed by atoms with Crippen molar-refractivity contribution in [3.63, 3.8) is 0 Å². The van der Waals surface area contributed by atoms with Crippen LogP contribution in [0.25, 0.3) is 5.65 Å². The predicted molar refractivity (Wildman–Crippen MR) is 105 cm³/mol. The molecule has 1 aromatic carbocycles. The van der Waals surface area contributed by atoms with E-state index < -0.39 is 0 Å². The molecule has 136 valence electrons. The van der Waals surface area contributed by atoms with Gasteiger partial charge in [-0.2, -0.15) is 5.26 Å². The number of fused-ring (bicyclic) bond motifs is 1. The van der Waals surface area contributed by atoms with Crippen LogP contribution in [0.1, 0.15) is 24.8 Å². The van der Waals surface area contributed by atoms with Crippen molar-refractivity contribution in [1.82, 2.24) is 9.38 Å². The molecular formula is C21H21N5O. The average molecular weight is 359 g/mol. The Labute approximate surface area is 158 Å². The summed E-state index contributed by atoms with van der Waals surface area (Å²) in [5, 5.41) is 12.3. The Morgan fingerprint density at radius 1 is 1.19 bits per heavy atom. The Bertz CT molecular complexity index is 995. The van der Waals surface area contributed by atoms with Gasteiger partial charge in [-0.1, -0.05) is 18.2 Å². The first kappa shape index (κ1) is 17.1. The molecule has 1 aliphatic rings. The van der Waals surface area contributed by atoms with Crippen molar-refractivity contribution in [2.45, 2.75) is 19.3 Å². The molecule has 6 nitrogen and oxygen atoms in total. The second kappa shape index (κ2) is 7.50. The van der Waals surface area contributed by atoms with E-state index >= 15 is 0 Å². The molecule has 0 spiro atoms. The van der Waals surface area contributed by atoms with Crippen molar-refractivity contribution < 1.29 is 4.79 Å². The summed E-state index contributed by atoms with van der Waals surface area (Å²) < 4.78 is 1.87. The summed E-state index contributed by atoms with van der Waals surface area (Å²) in [4.78, 5) is 19.0. The van der Waals surface area contributed by atoms with Crippen molar-refractivity contribution >= 4 is 23.1 Å². The van der Waals surface area contributed by atoms with Gasteiger partial charge in [0.15, 0.2) is 0 Å². The van der Waals surface area contributed by atoms with Crippen molar-refractivity contribution in [3.05, 3.63) is 60.4 Å². The highest BCUT2D eigenvalue weighted by molar-refractivity contribution is 5.90. The average Bonchev–Trinajstić information content (AvgIpc) is 3.11. The van der Waals surface area contributed by atoms with E-state index in [9.17, 15) is 10.1 Å². The van der Waals surface area contributed by atoms with Gasteiger partial charge in [-0.15, -0.1) is 0 Å². The third-order valence-electron chi connectivity index (χ3n) is 5.14. The van der Waals surface area contributed by atoms with Crippen LogP contribution in [-0.4, -0.2) is 28.4 Å². The number of nitrogens with one attached hydrogen (secondary N) is 1. The van der Waals surface area contributed by atoms with Crippen LogP contribution in [0.5, 0.6) is 0 Å². The van der Waals surface area contributed by atoms with Gasteiger partial charge in [0.05, 0.1) is 17.4 Å². The number of nitrogens with zero attached hydrogens (tertiary/aromatic N) is 4. The van der Waals surface area contributed by atoms with Crippen molar-refractivity contribution in [3.8, 4) is 6.07 Å². The first-order valence-corrected chi connectivity index (χ1v) is 9.20. The highest BCUT2D eigenvalue weighted by Crippen LogP contribution is 2.27. The highest BCUT2D eigenvalue weighted by atomic mass is 16.1. The monoisotopic (exact) mass is 359 g/mol. The second-order valence-electron chi connectivity index (χ2n) is 6.88. The number of hydrogen-bond donors (Lipinski definition) is 1. The SMILES string of the molecule is N#Cc1ccccc1N1CCC(CC(=O)Nc2cnc3ccccn23)CC1. The summed E-state index contributed by atoms with van der Waals surface area (Å²) in [6.07, 6.45) is 5.98. The van der Waals surface area contributed by atoms with Gasteiger partial charge in [0.1, 0.15) is 17.5 Å². The Balaban J connectivity index is 1.34. The Hall–Kier alpha value is -3.33. The number of pyridine rings is 1. The number of aromatic nitrogens is 2. The molecule has 3 aromatic rings. The number of imidazole rings is 1. The van der Waals surface area contributed by atoms with Gasteiger partial charge in [0, 0.05) is 25.7 Å². The smallest absolute Gasteiger partial charge is 0.225 e. The lowest BCUT2D eigenvalue weighted by molar-refractivity contribution is -0.117. The summed E-state index contributed by atoms with van der Waals surface area (Å²) in [6, 6.07) is 15.7. The molecule has 1 fully saturated rings. The summed E-state index contributed by atoms with van der Waals surface area (Å²) >= 11 is 0. The van der Waals surface area contributed by atoms with Gasteiger partial charge in [0.25, 0.3) is 0 Å². The minimum Gasteiger partial charge on any atom is -0.370 e. The van der Waals surface area contributed by atoms with E-state index in [1.165, 1.54) is 0 Å². The van der Waals surface area contributed by atoms with Gasteiger partial charge < -0.3 is 10.2 Å². The summed E-state index contributed by atoms with van der Waals surface area (Å²) in [7, 11) is 0. The zero-order valence-electron chi connectivity index (χ0n) is 15.0. The number of amides is 1. The van der Waals surface area contributed by atoms with E-state index in [2.05, 4.69) is 21.3 Å². The van der Waals surface area contributed by atoms with Crippen molar-refractivity contribution in [2.24, 2.45) is 5.92 Å². The molecule has 1 amide bonds. The lowest BCUT2D eigenvalue weighted by atomic mass is 9.92. The number of carbonyl (C=O) groups excluding carboxylic acids is 1. The predicted octanol–water partition coefficient (Wildman–Crippen LogP) is 3.45. The summed E-state index contributed by atoms with van der Waals surface area (Å²) in [5.74, 6) is 1.09. The van der Waals surface area contributed by atoms with Crippen LogP contribution < -0.4 is 10.2 Å². The molecule has 2 aromatic heterocycles. The van der Waals surface area contributed by atoms with Crippen LogP contribution in [0.2, 0.25) is 0 Å². The molecule has 0 radical (unpaired) electrons. The standard InChI is InChI=1S/C21H21N5O/c22-14-17-5-1-2-6-18(17)25-11-8-16(9-12-25)13-21(27)24-20-15-23-19-7-3-4-10-26(19)20/h1-7,10,15-16H,8-9,11-13H2,(H,24,27). The molecule has 1 aliphatic heterocycles. The molecule has 0 saturated carbocycles. The van der Waals surface area contributed by atoms with E-state index in [4.69, 9.17) is 0 Å². The summed E-state index contributed by atoms with van der Waals surface area (Å²) in [6.45, 7) is 1.73. The minimum atomic E-state index is 0.0246. The van der Waals surface area contributed by atoms with E-state index in [0.717, 1.165) is 37.3 Å². The Kier molecular flexibility index (Phi) is 4.75. The number of rotatable bonds is 4. The molecule has 0 aliphatic carbocycles. The first-order chi connectivity index (χ1) is 13.2. The molecule has 3 heterocycles. The maximum atomic E-state index is 12.5. The maximum Gasteiger partial charge on any atom is 0.225 e. The molecule has 1 N–H and O–H groups in total. The first-order valence-electron chi connectivity index (χ1n) is 9.20. The van der Waals surface area contributed by atoms with E-state index in [-0.39, 0.29) is 5.91 Å². The number of para-hydroxylation sites is 1. The number of anilines is 2. The van der Waals surface area contributed by atoms with Crippen molar-refractivity contribution in [1.29, 1.82) is 5.26 Å². The molecule has 27 heavy (non-hydrogen) atoms. The Morgan fingerprint density at radius 3 is 2.78 bits per heavy atom. The largest absolute Gasteiger partial charge is 0.370 e. The van der Waals surface area contributed by atoms with Crippen LogP contribution in [0.4, 0.5) is 11.5 Å². The fraction of sp³-hybridized carbons (Fsp3) is 0.286. The Morgan fingerprint density at radius 2 is 1.96 bits per heavy atom. The molecule has 0 unspecified atom stereocenters. The lowest BCUT2D eigenvalue weighted by Crippen LogP contribution is -2.35. The number of nitriles is 1. The molecular weight excluding hydrogens is 338 g/mol. The molecule has 1 saturated heterocycles. The van der Waals surface area contributed by atoms with Gasteiger partial charge >= 0.3 is 0 Å².